The molecular weight excluding hydrogens is 246 g/mol. The van der Waals surface area contributed by atoms with Crippen molar-refractivity contribution in [3.8, 4) is 5.75 Å². The molecular formula is C14H21NO4. The Labute approximate surface area is 113 Å². The van der Waals surface area contributed by atoms with Gasteiger partial charge in [-0.25, -0.2) is 4.79 Å². The van der Waals surface area contributed by atoms with Gasteiger partial charge in [0.05, 0.1) is 18.8 Å². The van der Waals surface area contributed by atoms with Gasteiger partial charge in [-0.2, -0.15) is 0 Å². The minimum absolute atomic E-state index is 0.263. The first-order valence-corrected chi connectivity index (χ1v) is 6.48. The number of rotatable bonds is 10. The van der Waals surface area contributed by atoms with E-state index in [2.05, 4.69) is 12.2 Å². The van der Waals surface area contributed by atoms with Crippen LogP contribution < -0.4 is 10.1 Å². The van der Waals surface area contributed by atoms with Crippen molar-refractivity contribution in [2.45, 2.75) is 13.3 Å². The largest absolute Gasteiger partial charge is 0.494 e. The van der Waals surface area contributed by atoms with Gasteiger partial charge in [-0.1, -0.05) is 6.92 Å². The maximum Gasteiger partial charge on any atom is 0.335 e. The average molecular weight is 267 g/mol. The fourth-order valence-electron chi connectivity index (χ4n) is 1.47. The Bertz CT molecular complexity index is 364. The summed E-state index contributed by atoms with van der Waals surface area (Å²) in [6, 6.07) is 6.39. The third kappa shape index (κ3) is 6.79. The van der Waals surface area contributed by atoms with Gasteiger partial charge in [0, 0.05) is 19.6 Å². The highest BCUT2D eigenvalue weighted by Crippen LogP contribution is 2.12. The number of benzene rings is 1. The highest BCUT2D eigenvalue weighted by Gasteiger charge is 2.01. The van der Waals surface area contributed by atoms with E-state index in [0.29, 0.717) is 25.6 Å². The highest BCUT2D eigenvalue weighted by atomic mass is 16.5. The Kier molecular flexibility index (Phi) is 7.62. The molecule has 0 fully saturated rings. The lowest BCUT2D eigenvalue weighted by Crippen LogP contribution is -2.19. The monoisotopic (exact) mass is 267 g/mol. The molecule has 1 aromatic carbocycles. The van der Waals surface area contributed by atoms with Crippen LogP contribution in [0.15, 0.2) is 24.3 Å². The third-order valence-corrected chi connectivity index (χ3v) is 2.48. The topological polar surface area (TPSA) is 67.8 Å². The van der Waals surface area contributed by atoms with E-state index in [1.54, 1.807) is 12.1 Å². The predicted octanol–water partition coefficient (Wildman–Crippen LogP) is 1.78. The molecule has 0 saturated heterocycles. The molecule has 0 saturated carbocycles. The molecule has 0 aliphatic heterocycles. The van der Waals surface area contributed by atoms with Crippen LogP contribution in [0.25, 0.3) is 0 Å². The third-order valence-electron chi connectivity index (χ3n) is 2.48. The van der Waals surface area contributed by atoms with Gasteiger partial charge in [0.15, 0.2) is 0 Å². The minimum atomic E-state index is -0.930. The Morgan fingerprint density at radius 1 is 1.21 bits per heavy atom. The quantitative estimate of drug-likeness (QED) is 0.632. The molecule has 106 valence electrons. The summed E-state index contributed by atoms with van der Waals surface area (Å²) in [5, 5.41) is 11.9. The molecule has 0 aliphatic rings. The van der Waals surface area contributed by atoms with Crippen LogP contribution in [0.4, 0.5) is 0 Å². The number of carbonyl (C=O) groups is 1. The number of carboxylic acids is 1. The Morgan fingerprint density at radius 2 is 1.95 bits per heavy atom. The van der Waals surface area contributed by atoms with E-state index >= 15 is 0 Å². The van der Waals surface area contributed by atoms with E-state index in [4.69, 9.17) is 14.6 Å². The Balaban J connectivity index is 2.07. The lowest BCUT2D eigenvalue weighted by atomic mass is 10.2. The van der Waals surface area contributed by atoms with Crippen LogP contribution in [-0.4, -0.2) is 44.0 Å². The van der Waals surface area contributed by atoms with Crippen LogP contribution in [0.2, 0.25) is 0 Å². The smallest absolute Gasteiger partial charge is 0.335 e. The van der Waals surface area contributed by atoms with Crippen molar-refractivity contribution >= 4 is 5.97 Å². The second-order valence-corrected chi connectivity index (χ2v) is 4.00. The molecule has 5 heteroatoms. The van der Waals surface area contributed by atoms with Crippen LogP contribution in [0.3, 0.4) is 0 Å². The maximum atomic E-state index is 10.7. The van der Waals surface area contributed by atoms with Gasteiger partial charge in [0.2, 0.25) is 0 Å². The molecule has 0 atom stereocenters. The van der Waals surface area contributed by atoms with E-state index in [0.717, 1.165) is 19.5 Å². The summed E-state index contributed by atoms with van der Waals surface area (Å²) in [5.41, 5.74) is 0.263. The molecule has 1 aromatic rings. The second-order valence-electron chi connectivity index (χ2n) is 4.00. The van der Waals surface area contributed by atoms with Crippen molar-refractivity contribution in [2.24, 2.45) is 0 Å². The van der Waals surface area contributed by atoms with Gasteiger partial charge >= 0.3 is 5.97 Å². The maximum absolute atomic E-state index is 10.7. The van der Waals surface area contributed by atoms with Crippen molar-refractivity contribution in [3.63, 3.8) is 0 Å². The van der Waals surface area contributed by atoms with Gasteiger partial charge < -0.3 is 19.9 Å². The van der Waals surface area contributed by atoms with Gasteiger partial charge in [-0.05, 0) is 30.8 Å². The number of likely N-dealkylation sites (N-methyl/N-ethyl adjacent to an activating group) is 1. The Morgan fingerprint density at radius 3 is 2.58 bits per heavy atom. The summed E-state index contributed by atoms with van der Waals surface area (Å²) < 4.78 is 10.9. The number of ether oxygens (including phenoxy) is 2. The molecule has 0 aromatic heterocycles. The van der Waals surface area contributed by atoms with Crippen molar-refractivity contribution in [1.82, 2.24) is 5.32 Å². The normalized spacial score (nSPS) is 10.4. The van der Waals surface area contributed by atoms with E-state index < -0.39 is 5.97 Å². The van der Waals surface area contributed by atoms with Gasteiger partial charge in [-0.3, -0.25) is 0 Å². The summed E-state index contributed by atoms with van der Waals surface area (Å²) in [6.45, 7) is 5.82. The van der Waals surface area contributed by atoms with Crippen molar-refractivity contribution in [3.05, 3.63) is 29.8 Å². The van der Waals surface area contributed by atoms with Crippen molar-refractivity contribution in [2.75, 3.05) is 32.9 Å². The van der Waals surface area contributed by atoms with Crippen LogP contribution in [0.1, 0.15) is 23.7 Å². The lowest BCUT2D eigenvalue weighted by Gasteiger charge is -2.07. The van der Waals surface area contributed by atoms with Gasteiger partial charge in [0.25, 0.3) is 0 Å². The standard InChI is InChI=1S/C14H21NO4/c1-2-15-8-11-18-9-3-10-19-13-6-4-12(5-7-13)14(16)17/h4-7,15H,2-3,8-11H2,1H3,(H,16,17). The summed E-state index contributed by atoms with van der Waals surface area (Å²) in [6.07, 6.45) is 0.812. The number of aromatic carboxylic acids is 1. The zero-order valence-corrected chi connectivity index (χ0v) is 11.2. The summed E-state index contributed by atoms with van der Waals surface area (Å²) in [7, 11) is 0. The SMILES string of the molecule is CCNCCOCCCOc1ccc(C(=O)O)cc1. The first kappa shape index (κ1) is 15.5. The number of hydrogen-bond acceptors (Lipinski definition) is 4. The van der Waals surface area contributed by atoms with Crippen molar-refractivity contribution in [1.29, 1.82) is 0 Å². The molecule has 0 amide bonds. The zero-order chi connectivity index (χ0) is 13.9. The van der Waals surface area contributed by atoms with Crippen LogP contribution in [0.5, 0.6) is 5.75 Å². The summed E-state index contributed by atoms with van der Waals surface area (Å²) in [5.74, 6) is -0.252. The number of hydrogen-bond donors (Lipinski definition) is 2. The molecule has 0 spiro atoms. The highest BCUT2D eigenvalue weighted by molar-refractivity contribution is 5.87. The van der Waals surface area contributed by atoms with E-state index in [1.165, 1.54) is 12.1 Å². The fourth-order valence-corrected chi connectivity index (χ4v) is 1.47. The fraction of sp³-hybridized carbons (Fsp3) is 0.500. The average Bonchev–Trinajstić information content (AvgIpc) is 2.42. The van der Waals surface area contributed by atoms with E-state index in [-0.39, 0.29) is 5.56 Å². The molecule has 2 N–H and O–H groups in total. The first-order valence-electron chi connectivity index (χ1n) is 6.48. The van der Waals surface area contributed by atoms with E-state index in [1.807, 2.05) is 0 Å². The zero-order valence-electron chi connectivity index (χ0n) is 11.2. The Hall–Kier alpha value is -1.59. The minimum Gasteiger partial charge on any atom is -0.494 e. The van der Waals surface area contributed by atoms with Crippen molar-refractivity contribution < 1.29 is 19.4 Å². The molecule has 0 heterocycles. The summed E-state index contributed by atoms with van der Waals surface area (Å²) in [4.78, 5) is 10.7. The number of carboxylic acid groups (broad SMARTS) is 1. The molecule has 5 nitrogen and oxygen atoms in total. The number of nitrogens with one attached hydrogen (secondary N) is 1. The molecule has 0 radical (unpaired) electrons. The summed E-state index contributed by atoms with van der Waals surface area (Å²) >= 11 is 0. The van der Waals surface area contributed by atoms with Crippen LogP contribution in [-0.2, 0) is 4.74 Å². The molecule has 0 bridgehead atoms. The van der Waals surface area contributed by atoms with Crippen LogP contribution >= 0.6 is 0 Å². The molecule has 1 rings (SSSR count). The predicted molar refractivity (Wildman–Crippen MR) is 72.9 cm³/mol. The van der Waals surface area contributed by atoms with Crippen LogP contribution in [0, 0.1) is 0 Å². The van der Waals surface area contributed by atoms with Gasteiger partial charge in [-0.15, -0.1) is 0 Å². The molecule has 19 heavy (non-hydrogen) atoms. The van der Waals surface area contributed by atoms with E-state index in [9.17, 15) is 4.79 Å². The molecule has 0 aliphatic carbocycles. The first-order chi connectivity index (χ1) is 9.24. The molecule has 0 unspecified atom stereocenters. The van der Waals surface area contributed by atoms with Gasteiger partial charge in [0.1, 0.15) is 5.75 Å². The second kappa shape index (κ2) is 9.35. The lowest BCUT2D eigenvalue weighted by molar-refractivity contribution is 0.0697.